The highest BCUT2D eigenvalue weighted by atomic mass is 19.1. The molecule has 0 aliphatic heterocycles. The number of halogens is 1. The van der Waals surface area contributed by atoms with Crippen molar-refractivity contribution in [2.75, 3.05) is 0 Å². The number of esters is 1. The Hall–Kier alpha value is -2.95. The summed E-state index contributed by atoms with van der Waals surface area (Å²) < 4.78 is 18.1. The molecule has 0 aliphatic carbocycles. The van der Waals surface area contributed by atoms with Gasteiger partial charge >= 0.3 is 5.97 Å². The van der Waals surface area contributed by atoms with Gasteiger partial charge in [0.2, 0.25) is 5.78 Å². The van der Waals surface area contributed by atoms with Crippen LogP contribution in [0.4, 0.5) is 4.39 Å². The highest BCUT2D eigenvalue weighted by Gasteiger charge is 2.20. The van der Waals surface area contributed by atoms with Crippen molar-refractivity contribution < 1.29 is 18.7 Å². The Bertz CT molecular complexity index is 883. The molecule has 1 aromatic heterocycles. The normalized spacial score (nSPS) is 12.1. The number of ketones is 1. The molecule has 3 aromatic rings. The van der Waals surface area contributed by atoms with E-state index in [1.807, 2.05) is 24.3 Å². The van der Waals surface area contributed by atoms with Gasteiger partial charge in [-0.1, -0.05) is 18.2 Å². The smallest absolute Gasteiger partial charge is 0.311 e. The van der Waals surface area contributed by atoms with Crippen LogP contribution >= 0.6 is 0 Å². The number of hydrogen-bond acceptors (Lipinski definition) is 3. The first-order valence-corrected chi connectivity index (χ1v) is 7.59. The Labute approximate surface area is 138 Å². The first-order chi connectivity index (χ1) is 11.5. The number of para-hydroxylation sites is 1. The molecule has 0 aliphatic rings. The summed E-state index contributed by atoms with van der Waals surface area (Å²) in [6, 6.07) is 12.8. The third-order valence-corrected chi connectivity index (χ3v) is 3.82. The number of aromatic nitrogens is 1. The summed E-state index contributed by atoms with van der Waals surface area (Å²) in [6.07, 6.45) is 0.914. The van der Waals surface area contributed by atoms with Gasteiger partial charge in [0.25, 0.3) is 0 Å². The SMILES string of the molecule is C[C@@H](OC(=O)Cc1c[nH]c2ccccc12)C(=O)c1ccc(F)cc1. The van der Waals surface area contributed by atoms with Crippen molar-refractivity contribution in [2.24, 2.45) is 0 Å². The van der Waals surface area contributed by atoms with E-state index in [2.05, 4.69) is 4.98 Å². The van der Waals surface area contributed by atoms with Crippen molar-refractivity contribution in [3.05, 3.63) is 71.7 Å². The molecule has 1 atom stereocenters. The van der Waals surface area contributed by atoms with Gasteiger partial charge in [0, 0.05) is 22.7 Å². The van der Waals surface area contributed by atoms with Crippen molar-refractivity contribution in [1.29, 1.82) is 0 Å². The molecule has 3 rings (SSSR count). The minimum atomic E-state index is -0.923. The van der Waals surface area contributed by atoms with Gasteiger partial charge in [-0.15, -0.1) is 0 Å². The monoisotopic (exact) mass is 325 g/mol. The van der Waals surface area contributed by atoms with Crippen molar-refractivity contribution >= 4 is 22.7 Å². The summed E-state index contributed by atoms with van der Waals surface area (Å²) >= 11 is 0. The third kappa shape index (κ3) is 3.35. The van der Waals surface area contributed by atoms with E-state index in [1.165, 1.54) is 31.2 Å². The van der Waals surface area contributed by atoms with E-state index < -0.39 is 17.9 Å². The molecule has 0 amide bonds. The van der Waals surface area contributed by atoms with Gasteiger partial charge in [-0.2, -0.15) is 0 Å². The molecule has 2 aromatic carbocycles. The number of nitrogens with one attached hydrogen (secondary N) is 1. The molecule has 0 saturated heterocycles. The summed E-state index contributed by atoms with van der Waals surface area (Å²) in [4.78, 5) is 27.4. The number of ether oxygens (including phenoxy) is 1. The fourth-order valence-electron chi connectivity index (χ4n) is 2.57. The van der Waals surface area contributed by atoms with Crippen molar-refractivity contribution in [3.63, 3.8) is 0 Å². The van der Waals surface area contributed by atoms with Gasteiger partial charge in [0.1, 0.15) is 5.82 Å². The fraction of sp³-hybridized carbons (Fsp3) is 0.158. The second-order valence-corrected chi connectivity index (χ2v) is 5.54. The average Bonchev–Trinajstić information content (AvgIpc) is 2.98. The summed E-state index contributed by atoms with van der Waals surface area (Å²) in [6.45, 7) is 1.51. The average molecular weight is 325 g/mol. The first kappa shape index (κ1) is 15.9. The number of H-pyrrole nitrogens is 1. The summed E-state index contributed by atoms with van der Waals surface area (Å²) in [5.74, 6) is -1.26. The van der Waals surface area contributed by atoms with Crippen LogP contribution in [0.1, 0.15) is 22.8 Å². The van der Waals surface area contributed by atoms with Gasteiger partial charge in [-0.05, 0) is 42.8 Å². The second kappa shape index (κ2) is 6.66. The number of aromatic amines is 1. The number of carbonyl (C=O) groups is 2. The van der Waals surface area contributed by atoms with Crippen LogP contribution in [0.2, 0.25) is 0 Å². The predicted octanol–water partition coefficient (Wildman–Crippen LogP) is 3.66. The number of benzene rings is 2. The van der Waals surface area contributed by atoms with Crippen LogP contribution in [0, 0.1) is 5.82 Å². The lowest BCUT2D eigenvalue weighted by Gasteiger charge is -2.12. The van der Waals surface area contributed by atoms with Crippen molar-refractivity contribution in [1.82, 2.24) is 4.98 Å². The molecule has 0 fully saturated rings. The van der Waals surface area contributed by atoms with Crippen LogP contribution in [0.5, 0.6) is 0 Å². The Morgan fingerprint density at radius 1 is 1.12 bits per heavy atom. The van der Waals surface area contributed by atoms with Crippen LogP contribution in [0.15, 0.2) is 54.7 Å². The number of hydrogen-bond donors (Lipinski definition) is 1. The predicted molar refractivity (Wildman–Crippen MR) is 88.3 cm³/mol. The molecule has 5 heteroatoms. The third-order valence-electron chi connectivity index (χ3n) is 3.82. The maximum absolute atomic E-state index is 12.9. The van der Waals surface area contributed by atoms with Crippen LogP contribution in [-0.2, 0) is 16.0 Å². The number of fused-ring (bicyclic) bond motifs is 1. The van der Waals surface area contributed by atoms with Crippen molar-refractivity contribution in [2.45, 2.75) is 19.4 Å². The van der Waals surface area contributed by atoms with E-state index in [0.29, 0.717) is 5.56 Å². The first-order valence-electron chi connectivity index (χ1n) is 7.59. The number of Topliss-reactive ketones (excluding diaryl/α,β-unsaturated/α-hetero) is 1. The minimum Gasteiger partial charge on any atom is -0.454 e. The fourth-order valence-corrected chi connectivity index (χ4v) is 2.57. The zero-order valence-electron chi connectivity index (χ0n) is 13.1. The molecule has 0 saturated carbocycles. The summed E-state index contributed by atoms with van der Waals surface area (Å²) in [5.41, 5.74) is 2.07. The standard InChI is InChI=1S/C19H16FNO3/c1-12(19(23)13-6-8-15(20)9-7-13)24-18(22)10-14-11-21-17-5-3-2-4-16(14)17/h2-9,11-12,21H,10H2,1H3/t12-/m1/s1. The van der Waals surface area contributed by atoms with Crippen molar-refractivity contribution in [3.8, 4) is 0 Å². The molecule has 0 spiro atoms. The molecule has 1 heterocycles. The quantitative estimate of drug-likeness (QED) is 0.575. The highest BCUT2D eigenvalue weighted by Crippen LogP contribution is 2.19. The molecule has 24 heavy (non-hydrogen) atoms. The molecule has 4 nitrogen and oxygen atoms in total. The number of carbonyl (C=O) groups excluding carboxylic acids is 2. The highest BCUT2D eigenvalue weighted by molar-refractivity contribution is 6.00. The summed E-state index contributed by atoms with van der Waals surface area (Å²) in [5, 5.41) is 0.951. The molecular formula is C19H16FNO3. The van der Waals surface area contributed by atoms with E-state index in [9.17, 15) is 14.0 Å². The Balaban J connectivity index is 1.66. The molecule has 0 unspecified atom stereocenters. The Kier molecular flexibility index (Phi) is 4.42. The molecule has 1 N–H and O–H groups in total. The van der Waals surface area contributed by atoms with E-state index in [4.69, 9.17) is 4.74 Å². The largest absolute Gasteiger partial charge is 0.454 e. The van der Waals surface area contributed by atoms with Crippen LogP contribution in [-0.4, -0.2) is 22.8 Å². The van der Waals surface area contributed by atoms with E-state index >= 15 is 0 Å². The lowest BCUT2D eigenvalue weighted by atomic mass is 10.1. The Morgan fingerprint density at radius 3 is 2.58 bits per heavy atom. The lowest BCUT2D eigenvalue weighted by molar-refractivity contribution is -0.145. The molecule has 0 bridgehead atoms. The number of rotatable bonds is 5. The maximum Gasteiger partial charge on any atom is 0.311 e. The van der Waals surface area contributed by atoms with Crippen LogP contribution < -0.4 is 0 Å². The van der Waals surface area contributed by atoms with Crippen LogP contribution in [0.25, 0.3) is 10.9 Å². The summed E-state index contributed by atoms with van der Waals surface area (Å²) in [7, 11) is 0. The minimum absolute atomic E-state index is 0.0745. The van der Waals surface area contributed by atoms with Gasteiger partial charge in [0.05, 0.1) is 6.42 Å². The molecular weight excluding hydrogens is 309 g/mol. The van der Waals surface area contributed by atoms with Gasteiger partial charge in [0.15, 0.2) is 6.10 Å². The maximum atomic E-state index is 12.9. The Morgan fingerprint density at radius 2 is 1.83 bits per heavy atom. The van der Waals surface area contributed by atoms with Gasteiger partial charge in [-0.3, -0.25) is 9.59 Å². The van der Waals surface area contributed by atoms with Gasteiger partial charge in [-0.25, -0.2) is 4.39 Å². The van der Waals surface area contributed by atoms with Crippen LogP contribution in [0.3, 0.4) is 0 Å². The van der Waals surface area contributed by atoms with Gasteiger partial charge < -0.3 is 9.72 Å². The second-order valence-electron chi connectivity index (χ2n) is 5.54. The molecule has 0 radical (unpaired) electrons. The van der Waals surface area contributed by atoms with E-state index in [0.717, 1.165) is 16.5 Å². The van der Waals surface area contributed by atoms with E-state index in [-0.39, 0.29) is 12.2 Å². The zero-order chi connectivity index (χ0) is 17.1. The topological polar surface area (TPSA) is 59.2 Å². The zero-order valence-corrected chi connectivity index (χ0v) is 13.1. The lowest BCUT2D eigenvalue weighted by Crippen LogP contribution is -2.25. The van der Waals surface area contributed by atoms with E-state index in [1.54, 1.807) is 6.20 Å². The molecule has 122 valence electrons.